The summed E-state index contributed by atoms with van der Waals surface area (Å²) in [7, 11) is -6.89. The van der Waals surface area contributed by atoms with Crippen molar-refractivity contribution in [3.05, 3.63) is 54.1 Å². The van der Waals surface area contributed by atoms with Crippen molar-refractivity contribution >= 4 is 31.5 Å². The predicted molar refractivity (Wildman–Crippen MR) is 132 cm³/mol. The van der Waals surface area contributed by atoms with Crippen LogP contribution in [0.1, 0.15) is 18.9 Å². The molecule has 186 valence electrons. The number of rotatable bonds is 8. The third kappa shape index (κ3) is 5.77. The second-order valence-electron chi connectivity index (χ2n) is 8.84. The highest BCUT2D eigenvalue weighted by atomic mass is 32.2. The highest BCUT2D eigenvalue weighted by Gasteiger charge is 2.43. The molecule has 1 unspecified atom stereocenters. The summed E-state index contributed by atoms with van der Waals surface area (Å²) < 4.78 is 47.4. The Morgan fingerprint density at radius 1 is 0.912 bits per heavy atom. The van der Waals surface area contributed by atoms with Crippen LogP contribution in [-0.2, 0) is 31.1 Å². The van der Waals surface area contributed by atoms with Crippen LogP contribution >= 0.6 is 0 Å². The van der Waals surface area contributed by atoms with Crippen LogP contribution in [0.2, 0.25) is 0 Å². The summed E-state index contributed by atoms with van der Waals surface area (Å²) >= 11 is 0. The number of carbonyl (C=O) groups is 1. The van der Waals surface area contributed by atoms with Crippen LogP contribution in [0.4, 0.5) is 5.69 Å². The number of sulfonamides is 1. The quantitative estimate of drug-likeness (QED) is 0.410. The van der Waals surface area contributed by atoms with Gasteiger partial charge < -0.3 is 4.90 Å². The fraction of sp³-hybridized carbons (Fsp3) is 0.435. The van der Waals surface area contributed by atoms with Crippen LogP contribution in [0, 0.1) is 0 Å². The van der Waals surface area contributed by atoms with E-state index < -0.39 is 30.5 Å². The Bertz CT molecular complexity index is 1220. The van der Waals surface area contributed by atoms with Gasteiger partial charge >= 0.3 is 0 Å². The summed E-state index contributed by atoms with van der Waals surface area (Å²) in [6.45, 7) is 3.54. The molecule has 0 radical (unpaired) electrons. The minimum Gasteiger partial charge on any atom is -0.369 e. The smallest absolute Gasteiger partial charge is 0.264 e. The Labute approximate surface area is 201 Å². The minimum atomic E-state index is -3.73. The highest BCUT2D eigenvalue weighted by molar-refractivity contribution is 7.92. The molecule has 2 N–H and O–H groups in total. The summed E-state index contributed by atoms with van der Waals surface area (Å²) in [5.74, 6) is -0.940. The number of aryl methyl sites for hydroxylation is 1. The Morgan fingerprint density at radius 3 is 1.85 bits per heavy atom. The van der Waals surface area contributed by atoms with E-state index in [0.29, 0.717) is 32.6 Å². The van der Waals surface area contributed by atoms with Gasteiger partial charge in [0.2, 0.25) is 10.0 Å². The first-order valence-corrected chi connectivity index (χ1v) is 14.6. The topological polar surface area (TPSA) is 124 Å². The largest absolute Gasteiger partial charge is 0.369 e. The zero-order valence-corrected chi connectivity index (χ0v) is 21.2. The highest BCUT2D eigenvalue weighted by Crippen LogP contribution is 2.27. The molecule has 1 aliphatic rings. The van der Waals surface area contributed by atoms with E-state index in [4.69, 9.17) is 5.21 Å². The Kier molecular flexibility index (Phi) is 7.71. The van der Waals surface area contributed by atoms with Crippen molar-refractivity contribution in [1.82, 2.24) is 9.79 Å². The molecule has 0 bridgehead atoms. The number of amides is 1. The molecular weight excluding hydrogens is 478 g/mol. The van der Waals surface area contributed by atoms with Crippen molar-refractivity contribution in [1.29, 1.82) is 0 Å². The summed E-state index contributed by atoms with van der Waals surface area (Å²) in [4.78, 5) is 14.1. The number of piperazine rings is 1. The van der Waals surface area contributed by atoms with Crippen LogP contribution in [-0.4, -0.2) is 75.7 Å². The molecule has 1 fully saturated rings. The number of nitrogens with one attached hydrogen (secondary N) is 1. The van der Waals surface area contributed by atoms with E-state index in [1.807, 2.05) is 48.5 Å². The maximum absolute atomic E-state index is 12.1. The van der Waals surface area contributed by atoms with E-state index in [0.717, 1.165) is 28.6 Å². The summed E-state index contributed by atoms with van der Waals surface area (Å²) in [5.41, 5.74) is 5.40. The molecule has 1 atom stereocenters. The lowest BCUT2D eigenvalue weighted by Crippen LogP contribution is -2.49. The van der Waals surface area contributed by atoms with E-state index in [1.165, 1.54) is 23.0 Å². The number of anilines is 1. The number of hydrogen-bond acceptors (Lipinski definition) is 7. The van der Waals surface area contributed by atoms with E-state index in [-0.39, 0.29) is 6.42 Å². The van der Waals surface area contributed by atoms with Gasteiger partial charge in [0.1, 0.15) is 4.75 Å². The molecule has 9 nitrogen and oxygen atoms in total. The average Bonchev–Trinajstić information content (AvgIpc) is 2.81. The number of hydrogen-bond donors (Lipinski definition) is 2. The zero-order chi connectivity index (χ0) is 25.1. The lowest BCUT2D eigenvalue weighted by molar-refractivity contribution is -0.131. The van der Waals surface area contributed by atoms with Gasteiger partial charge in [0.15, 0.2) is 9.84 Å². The van der Waals surface area contributed by atoms with E-state index in [2.05, 4.69) is 4.90 Å². The van der Waals surface area contributed by atoms with E-state index in [1.54, 1.807) is 0 Å². The predicted octanol–water partition coefficient (Wildman–Crippen LogP) is 1.68. The van der Waals surface area contributed by atoms with Crippen molar-refractivity contribution in [2.45, 2.75) is 24.5 Å². The van der Waals surface area contributed by atoms with Crippen LogP contribution in [0.3, 0.4) is 0 Å². The molecule has 1 saturated heterocycles. The second kappa shape index (κ2) is 10.0. The normalized spacial score (nSPS) is 17.2. The van der Waals surface area contributed by atoms with Gasteiger partial charge in [-0.3, -0.25) is 10.0 Å². The standard InChI is InChI=1S/C23H31N3O6S2/c1-23(22(27)24-28,33(2,29)30)13-12-18-4-6-19(7-5-18)20-8-10-21(11-9-20)25-14-16-26(17-15-25)34(3,31)32/h4-11,28H,12-17H2,1-3H3,(H,24,27). The molecule has 11 heteroatoms. The minimum absolute atomic E-state index is 0.0405. The fourth-order valence-corrected chi connectivity index (χ4v) is 5.66. The lowest BCUT2D eigenvalue weighted by atomic mass is 9.97. The molecule has 0 saturated carbocycles. The zero-order valence-electron chi connectivity index (χ0n) is 19.6. The number of nitrogens with zero attached hydrogens (tertiary/aromatic N) is 2. The molecule has 0 aliphatic carbocycles. The molecule has 1 aliphatic heterocycles. The van der Waals surface area contributed by atoms with Gasteiger partial charge in [0, 0.05) is 38.1 Å². The molecule has 1 amide bonds. The van der Waals surface area contributed by atoms with Crippen LogP contribution in [0.15, 0.2) is 48.5 Å². The van der Waals surface area contributed by atoms with Gasteiger partial charge in [0.05, 0.1) is 6.26 Å². The van der Waals surface area contributed by atoms with Gasteiger partial charge in [-0.05, 0) is 48.6 Å². The Balaban J connectivity index is 1.64. The number of sulfone groups is 1. The van der Waals surface area contributed by atoms with Crippen molar-refractivity contribution < 1.29 is 26.8 Å². The van der Waals surface area contributed by atoms with Crippen molar-refractivity contribution in [3.8, 4) is 11.1 Å². The van der Waals surface area contributed by atoms with Gasteiger partial charge in [-0.2, -0.15) is 4.31 Å². The number of hydroxylamine groups is 1. The summed E-state index contributed by atoms with van der Waals surface area (Å²) in [6.07, 6.45) is 2.62. The third-order valence-corrected chi connectivity index (χ3v) is 9.85. The van der Waals surface area contributed by atoms with Crippen LogP contribution in [0.25, 0.3) is 11.1 Å². The average molecular weight is 510 g/mol. The molecule has 34 heavy (non-hydrogen) atoms. The van der Waals surface area contributed by atoms with Gasteiger partial charge in [-0.1, -0.05) is 36.4 Å². The Hall–Kier alpha value is -2.47. The first-order chi connectivity index (χ1) is 15.8. The molecule has 1 heterocycles. The number of benzene rings is 2. The van der Waals surface area contributed by atoms with Crippen LogP contribution in [0.5, 0.6) is 0 Å². The summed E-state index contributed by atoms with van der Waals surface area (Å²) in [5, 5.41) is 8.95. The van der Waals surface area contributed by atoms with Gasteiger partial charge in [0.25, 0.3) is 5.91 Å². The summed E-state index contributed by atoms with van der Waals surface area (Å²) in [6, 6.07) is 15.7. The first kappa shape index (κ1) is 26.1. The molecule has 0 spiro atoms. The first-order valence-electron chi connectivity index (χ1n) is 10.9. The monoisotopic (exact) mass is 509 g/mol. The second-order valence-corrected chi connectivity index (χ2v) is 13.3. The van der Waals surface area contributed by atoms with Gasteiger partial charge in [-0.15, -0.1) is 0 Å². The molecule has 2 aromatic rings. The van der Waals surface area contributed by atoms with E-state index >= 15 is 0 Å². The lowest BCUT2D eigenvalue weighted by Gasteiger charge is -2.34. The maximum atomic E-state index is 12.1. The van der Waals surface area contributed by atoms with Crippen molar-refractivity contribution in [3.63, 3.8) is 0 Å². The molecule has 0 aromatic heterocycles. The maximum Gasteiger partial charge on any atom is 0.264 e. The van der Waals surface area contributed by atoms with E-state index in [9.17, 15) is 21.6 Å². The molecular formula is C23H31N3O6S2. The third-order valence-electron chi connectivity index (χ3n) is 6.52. The van der Waals surface area contributed by atoms with Crippen molar-refractivity contribution in [2.24, 2.45) is 0 Å². The van der Waals surface area contributed by atoms with Crippen molar-refractivity contribution in [2.75, 3.05) is 43.6 Å². The van der Waals surface area contributed by atoms with Gasteiger partial charge in [-0.25, -0.2) is 22.3 Å². The van der Waals surface area contributed by atoms with Crippen LogP contribution < -0.4 is 10.4 Å². The number of carbonyl (C=O) groups excluding carboxylic acids is 1. The Morgan fingerprint density at radius 2 is 1.41 bits per heavy atom. The SMILES string of the molecule is CC(CCc1ccc(-c2ccc(N3CCN(S(C)(=O)=O)CC3)cc2)cc1)(C(=O)NO)S(C)(=O)=O. The fourth-order valence-electron chi connectivity index (χ4n) is 3.97. The molecule has 2 aromatic carbocycles. The molecule has 3 rings (SSSR count).